The SMILES string of the molecule is CCOC(=O)C1=C(c2ccccc2)Nc2nc(-c3ccccc3)nn2C1c1cccnc1. The second kappa shape index (κ2) is 8.47. The molecule has 0 spiro atoms. The van der Waals surface area contributed by atoms with E-state index in [2.05, 4.69) is 10.3 Å². The number of esters is 1. The number of ether oxygens (including phenoxy) is 1. The summed E-state index contributed by atoms with van der Waals surface area (Å²) in [4.78, 5) is 22.3. The van der Waals surface area contributed by atoms with E-state index in [4.69, 9.17) is 14.8 Å². The number of carbonyl (C=O) groups excluding carboxylic acids is 1. The van der Waals surface area contributed by atoms with Crippen molar-refractivity contribution in [2.24, 2.45) is 0 Å². The molecule has 1 aliphatic heterocycles. The Bertz CT molecular complexity index is 1270. The highest BCUT2D eigenvalue weighted by molar-refractivity contribution is 6.02. The molecule has 1 atom stereocenters. The molecule has 0 bridgehead atoms. The lowest BCUT2D eigenvalue weighted by atomic mass is 9.94. The molecule has 3 heterocycles. The van der Waals surface area contributed by atoms with Crippen molar-refractivity contribution in [3.8, 4) is 11.4 Å². The molecule has 4 aromatic rings. The zero-order valence-electron chi connectivity index (χ0n) is 17.5. The number of anilines is 1. The average Bonchev–Trinajstić information content (AvgIpc) is 3.29. The minimum atomic E-state index is -0.542. The number of hydrogen-bond acceptors (Lipinski definition) is 6. The number of benzene rings is 2. The van der Waals surface area contributed by atoms with Gasteiger partial charge < -0.3 is 10.1 Å². The lowest BCUT2D eigenvalue weighted by Crippen LogP contribution is -2.30. The number of rotatable bonds is 5. The van der Waals surface area contributed by atoms with Gasteiger partial charge in [-0.15, -0.1) is 5.10 Å². The number of hydrogen-bond donors (Lipinski definition) is 1. The summed E-state index contributed by atoms with van der Waals surface area (Å²) in [6, 6.07) is 22.7. The van der Waals surface area contributed by atoms with Gasteiger partial charge >= 0.3 is 5.97 Å². The number of fused-ring (bicyclic) bond motifs is 1. The zero-order valence-corrected chi connectivity index (χ0v) is 17.5. The fourth-order valence-corrected chi connectivity index (χ4v) is 3.84. The van der Waals surface area contributed by atoms with Gasteiger partial charge in [0, 0.05) is 18.0 Å². The van der Waals surface area contributed by atoms with Crippen molar-refractivity contribution in [3.05, 3.63) is 102 Å². The van der Waals surface area contributed by atoms with E-state index in [0.29, 0.717) is 23.0 Å². The van der Waals surface area contributed by atoms with E-state index in [0.717, 1.165) is 16.7 Å². The van der Waals surface area contributed by atoms with E-state index >= 15 is 0 Å². The molecular weight excluding hydrogens is 402 g/mol. The summed E-state index contributed by atoms with van der Waals surface area (Å²) in [7, 11) is 0. The molecule has 0 saturated heterocycles. The molecule has 7 nitrogen and oxygen atoms in total. The molecular formula is C25H21N5O2. The molecule has 0 aliphatic carbocycles. The Balaban J connectivity index is 1.74. The Morgan fingerprint density at radius 1 is 1.00 bits per heavy atom. The van der Waals surface area contributed by atoms with Gasteiger partial charge in [0.2, 0.25) is 5.95 Å². The first kappa shape index (κ1) is 19.7. The second-order valence-corrected chi connectivity index (χ2v) is 7.26. The topological polar surface area (TPSA) is 81.9 Å². The van der Waals surface area contributed by atoms with Gasteiger partial charge in [-0.25, -0.2) is 9.48 Å². The quantitative estimate of drug-likeness (QED) is 0.481. The predicted octanol–water partition coefficient (Wildman–Crippen LogP) is 4.33. The van der Waals surface area contributed by atoms with Gasteiger partial charge in [0.25, 0.3) is 0 Å². The maximum atomic E-state index is 13.3. The highest BCUT2D eigenvalue weighted by atomic mass is 16.5. The molecule has 1 N–H and O–H groups in total. The molecule has 0 fully saturated rings. The monoisotopic (exact) mass is 423 g/mol. The summed E-state index contributed by atoms with van der Waals surface area (Å²) in [5, 5.41) is 8.11. The molecule has 32 heavy (non-hydrogen) atoms. The van der Waals surface area contributed by atoms with E-state index in [1.54, 1.807) is 24.0 Å². The van der Waals surface area contributed by atoms with Gasteiger partial charge in [-0.1, -0.05) is 66.7 Å². The first-order valence-corrected chi connectivity index (χ1v) is 10.4. The van der Waals surface area contributed by atoms with Gasteiger partial charge in [0.15, 0.2) is 5.82 Å². The lowest BCUT2D eigenvalue weighted by Gasteiger charge is -2.29. The number of pyridine rings is 1. The van der Waals surface area contributed by atoms with Crippen LogP contribution in [0.4, 0.5) is 5.95 Å². The van der Waals surface area contributed by atoms with E-state index in [1.165, 1.54) is 0 Å². The van der Waals surface area contributed by atoms with Crippen LogP contribution in [0.25, 0.3) is 17.1 Å². The number of carbonyl (C=O) groups is 1. The van der Waals surface area contributed by atoms with Crippen LogP contribution >= 0.6 is 0 Å². The van der Waals surface area contributed by atoms with Crippen LogP contribution in [0.2, 0.25) is 0 Å². The first-order valence-electron chi connectivity index (χ1n) is 10.4. The van der Waals surface area contributed by atoms with Crippen molar-refractivity contribution in [3.63, 3.8) is 0 Å². The lowest BCUT2D eigenvalue weighted by molar-refractivity contribution is -0.138. The fourth-order valence-electron chi connectivity index (χ4n) is 3.84. The van der Waals surface area contributed by atoms with Crippen LogP contribution in [0, 0.1) is 0 Å². The Morgan fingerprint density at radius 3 is 2.38 bits per heavy atom. The molecule has 5 rings (SSSR count). The smallest absolute Gasteiger partial charge is 0.338 e. The molecule has 0 saturated carbocycles. The standard InChI is InChI=1S/C25H21N5O2/c1-2-32-24(31)20-21(17-10-5-3-6-11-17)27-25-28-23(18-12-7-4-8-13-18)29-30(25)22(20)19-14-9-15-26-16-19/h3-16,22H,2H2,1H3,(H,27,28,29). The van der Waals surface area contributed by atoms with Gasteiger partial charge in [0.1, 0.15) is 6.04 Å². The van der Waals surface area contributed by atoms with E-state index in [1.807, 2.05) is 72.8 Å². The minimum absolute atomic E-state index is 0.268. The second-order valence-electron chi connectivity index (χ2n) is 7.26. The van der Waals surface area contributed by atoms with Crippen molar-refractivity contribution in [2.75, 3.05) is 11.9 Å². The number of nitrogens with one attached hydrogen (secondary N) is 1. The summed E-state index contributed by atoms with van der Waals surface area (Å²) in [5.74, 6) is 0.708. The Kier molecular flexibility index (Phi) is 5.21. The van der Waals surface area contributed by atoms with Crippen LogP contribution in [0.5, 0.6) is 0 Å². The van der Waals surface area contributed by atoms with Crippen molar-refractivity contribution < 1.29 is 9.53 Å². The Morgan fingerprint density at radius 2 is 1.72 bits per heavy atom. The molecule has 0 amide bonds. The van der Waals surface area contributed by atoms with E-state index < -0.39 is 12.0 Å². The number of nitrogens with zero attached hydrogens (tertiary/aromatic N) is 4. The van der Waals surface area contributed by atoms with Crippen molar-refractivity contribution in [1.29, 1.82) is 0 Å². The van der Waals surface area contributed by atoms with Gasteiger partial charge in [-0.2, -0.15) is 4.98 Å². The summed E-state index contributed by atoms with van der Waals surface area (Å²) in [6.45, 7) is 2.06. The molecule has 2 aromatic heterocycles. The van der Waals surface area contributed by atoms with Gasteiger partial charge in [-0.05, 0) is 24.1 Å². The van der Waals surface area contributed by atoms with E-state index in [-0.39, 0.29) is 6.61 Å². The first-order chi connectivity index (χ1) is 15.8. The number of aromatic nitrogens is 4. The molecule has 7 heteroatoms. The predicted molar refractivity (Wildman–Crippen MR) is 121 cm³/mol. The maximum absolute atomic E-state index is 13.3. The highest BCUT2D eigenvalue weighted by Crippen LogP contribution is 2.39. The molecule has 2 aromatic carbocycles. The van der Waals surface area contributed by atoms with Gasteiger partial charge in [-0.3, -0.25) is 4.98 Å². The van der Waals surface area contributed by atoms with Crippen LogP contribution in [-0.4, -0.2) is 32.3 Å². The van der Waals surface area contributed by atoms with Crippen LogP contribution < -0.4 is 5.32 Å². The van der Waals surface area contributed by atoms with Crippen molar-refractivity contribution in [1.82, 2.24) is 19.7 Å². The molecule has 158 valence electrons. The summed E-state index contributed by atoms with van der Waals surface area (Å²) < 4.78 is 7.21. The average molecular weight is 423 g/mol. The summed E-state index contributed by atoms with van der Waals surface area (Å²) >= 11 is 0. The van der Waals surface area contributed by atoms with Crippen LogP contribution in [0.1, 0.15) is 24.1 Å². The Hall–Kier alpha value is -4.26. The molecule has 1 aliphatic rings. The summed E-state index contributed by atoms with van der Waals surface area (Å²) in [5.41, 5.74) is 3.68. The van der Waals surface area contributed by atoms with Crippen LogP contribution in [0.15, 0.2) is 90.8 Å². The third-order valence-corrected chi connectivity index (χ3v) is 5.25. The van der Waals surface area contributed by atoms with Crippen LogP contribution in [-0.2, 0) is 9.53 Å². The van der Waals surface area contributed by atoms with Crippen molar-refractivity contribution >= 4 is 17.6 Å². The van der Waals surface area contributed by atoms with Gasteiger partial charge in [0.05, 0.1) is 17.9 Å². The minimum Gasteiger partial charge on any atom is -0.463 e. The van der Waals surface area contributed by atoms with Crippen LogP contribution in [0.3, 0.4) is 0 Å². The molecule has 0 radical (unpaired) electrons. The third-order valence-electron chi connectivity index (χ3n) is 5.25. The highest BCUT2D eigenvalue weighted by Gasteiger charge is 2.37. The fraction of sp³-hybridized carbons (Fsp3) is 0.120. The third kappa shape index (κ3) is 3.54. The van der Waals surface area contributed by atoms with Crippen molar-refractivity contribution in [2.45, 2.75) is 13.0 Å². The maximum Gasteiger partial charge on any atom is 0.338 e. The van der Waals surface area contributed by atoms with E-state index in [9.17, 15) is 4.79 Å². The summed E-state index contributed by atoms with van der Waals surface area (Å²) in [6.07, 6.45) is 3.44. The normalized spacial score (nSPS) is 15.1. The Labute approximate surface area is 185 Å². The largest absolute Gasteiger partial charge is 0.463 e. The zero-order chi connectivity index (χ0) is 21.9. The molecule has 1 unspecified atom stereocenters.